The standard InChI is InChI=1S/C6H10OS/c1-3-4-6(5-7)8-2/h4-5H,3H2,1-2H3. The first kappa shape index (κ1) is 7.76. The van der Waals surface area contributed by atoms with Gasteiger partial charge in [0.2, 0.25) is 0 Å². The lowest BCUT2D eigenvalue weighted by Crippen LogP contribution is -1.73. The highest BCUT2D eigenvalue weighted by molar-refractivity contribution is 8.03. The van der Waals surface area contributed by atoms with Gasteiger partial charge in [0.1, 0.15) is 0 Å². The zero-order valence-corrected chi connectivity index (χ0v) is 5.99. The van der Waals surface area contributed by atoms with Gasteiger partial charge < -0.3 is 0 Å². The largest absolute Gasteiger partial charge is 0.297 e. The Morgan fingerprint density at radius 1 is 1.75 bits per heavy atom. The van der Waals surface area contributed by atoms with E-state index in [0.29, 0.717) is 0 Å². The SMILES string of the molecule is CCC=C(C=O)SC. The summed E-state index contributed by atoms with van der Waals surface area (Å²) in [4.78, 5) is 10.9. The van der Waals surface area contributed by atoms with Gasteiger partial charge in [-0.2, -0.15) is 0 Å². The summed E-state index contributed by atoms with van der Waals surface area (Å²) in [5, 5.41) is 0. The average Bonchev–Trinajstić information content (AvgIpc) is 1.83. The van der Waals surface area contributed by atoms with Gasteiger partial charge in [0, 0.05) is 4.91 Å². The zero-order valence-electron chi connectivity index (χ0n) is 5.18. The Balaban J connectivity index is 3.66. The average molecular weight is 130 g/mol. The molecule has 0 N–H and O–H groups in total. The van der Waals surface area contributed by atoms with E-state index in [1.165, 1.54) is 11.8 Å². The Morgan fingerprint density at radius 3 is 2.50 bits per heavy atom. The molecule has 0 aromatic heterocycles. The van der Waals surface area contributed by atoms with E-state index in [9.17, 15) is 4.79 Å². The number of allylic oxidation sites excluding steroid dienone is 2. The zero-order chi connectivity index (χ0) is 6.41. The maximum Gasteiger partial charge on any atom is 0.156 e. The van der Waals surface area contributed by atoms with Crippen molar-refractivity contribution in [3.8, 4) is 0 Å². The molecule has 0 atom stereocenters. The summed E-state index contributed by atoms with van der Waals surface area (Å²) in [6.45, 7) is 2.01. The Hall–Kier alpha value is -0.240. The van der Waals surface area contributed by atoms with Crippen LogP contribution in [0.25, 0.3) is 0 Å². The van der Waals surface area contributed by atoms with Gasteiger partial charge >= 0.3 is 0 Å². The third-order valence-corrected chi connectivity index (χ3v) is 1.49. The number of hydrogen-bond acceptors (Lipinski definition) is 2. The molecule has 46 valence electrons. The second-order valence-corrected chi connectivity index (χ2v) is 2.22. The van der Waals surface area contributed by atoms with Crippen LogP contribution >= 0.6 is 11.8 Å². The van der Waals surface area contributed by atoms with Crippen LogP contribution in [0.1, 0.15) is 13.3 Å². The van der Waals surface area contributed by atoms with Gasteiger partial charge in [-0.1, -0.05) is 13.0 Å². The maximum atomic E-state index is 10.0. The lowest BCUT2D eigenvalue weighted by Gasteiger charge is -1.87. The Morgan fingerprint density at radius 2 is 2.38 bits per heavy atom. The van der Waals surface area contributed by atoms with Crippen molar-refractivity contribution < 1.29 is 4.79 Å². The molecule has 0 aliphatic rings. The summed E-state index contributed by atoms with van der Waals surface area (Å²) < 4.78 is 0. The number of aldehydes is 1. The molecule has 0 unspecified atom stereocenters. The molecule has 8 heavy (non-hydrogen) atoms. The van der Waals surface area contributed by atoms with Crippen LogP contribution in [-0.2, 0) is 4.79 Å². The van der Waals surface area contributed by atoms with Crippen molar-refractivity contribution in [1.29, 1.82) is 0 Å². The fourth-order valence-corrected chi connectivity index (χ4v) is 0.810. The fourth-order valence-electron chi connectivity index (χ4n) is 0.381. The molecule has 0 saturated carbocycles. The van der Waals surface area contributed by atoms with Crippen molar-refractivity contribution in [2.75, 3.05) is 6.26 Å². The molecule has 0 fully saturated rings. The van der Waals surface area contributed by atoms with Crippen LogP contribution in [0.4, 0.5) is 0 Å². The third-order valence-electron chi connectivity index (χ3n) is 0.757. The number of carbonyl (C=O) groups is 1. The highest BCUT2D eigenvalue weighted by atomic mass is 32.2. The van der Waals surface area contributed by atoms with E-state index >= 15 is 0 Å². The summed E-state index contributed by atoms with van der Waals surface area (Å²) in [5.74, 6) is 0. The van der Waals surface area contributed by atoms with Crippen LogP contribution in [0.5, 0.6) is 0 Å². The number of rotatable bonds is 3. The quantitative estimate of drug-likeness (QED) is 0.428. The molecule has 0 aliphatic carbocycles. The molecule has 0 radical (unpaired) electrons. The molecule has 1 nitrogen and oxygen atoms in total. The van der Waals surface area contributed by atoms with Crippen molar-refractivity contribution >= 4 is 18.0 Å². The predicted molar refractivity (Wildman–Crippen MR) is 38.0 cm³/mol. The monoisotopic (exact) mass is 130 g/mol. The van der Waals surface area contributed by atoms with Crippen molar-refractivity contribution in [1.82, 2.24) is 0 Å². The molecule has 0 bridgehead atoms. The van der Waals surface area contributed by atoms with E-state index < -0.39 is 0 Å². The summed E-state index contributed by atoms with van der Waals surface area (Å²) in [7, 11) is 0. The maximum absolute atomic E-state index is 10.0. The number of carbonyl (C=O) groups excluding carboxylic acids is 1. The van der Waals surface area contributed by atoms with E-state index in [4.69, 9.17) is 0 Å². The van der Waals surface area contributed by atoms with Gasteiger partial charge in [-0.15, -0.1) is 11.8 Å². The van der Waals surface area contributed by atoms with E-state index in [1.54, 1.807) is 0 Å². The van der Waals surface area contributed by atoms with E-state index in [0.717, 1.165) is 17.6 Å². The Kier molecular flexibility index (Phi) is 4.76. The lowest BCUT2D eigenvalue weighted by atomic mass is 10.4. The topological polar surface area (TPSA) is 17.1 Å². The number of thioether (sulfide) groups is 1. The molecule has 0 saturated heterocycles. The van der Waals surface area contributed by atoms with Gasteiger partial charge in [-0.05, 0) is 12.7 Å². The van der Waals surface area contributed by atoms with Gasteiger partial charge in [0.15, 0.2) is 6.29 Å². The van der Waals surface area contributed by atoms with Crippen LogP contribution in [-0.4, -0.2) is 12.5 Å². The van der Waals surface area contributed by atoms with Crippen LogP contribution in [0.2, 0.25) is 0 Å². The van der Waals surface area contributed by atoms with Crippen molar-refractivity contribution in [3.05, 3.63) is 11.0 Å². The van der Waals surface area contributed by atoms with Crippen LogP contribution in [0, 0.1) is 0 Å². The molecule has 2 heteroatoms. The van der Waals surface area contributed by atoms with Crippen molar-refractivity contribution in [2.45, 2.75) is 13.3 Å². The smallest absolute Gasteiger partial charge is 0.156 e. The first-order valence-corrected chi connectivity index (χ1v) is 3.77. The molecule has 0 heterocycles. The minimum Gasteiger partial charge on any atom is -0.297 e. The second-order valence-electron chi connectivity index (χ2n) is 1.34. The van der Waals surface area contributed by atoms with Crippen LogP contribution in [0.15, 0.2) is 11.0 Å². The number of hydrogen-bond donors (Lipinski definition) is 0. The molecule has 0 aliphatic heterocycles. The van der Waals surface area contributed by atoms with Crippen LogP contribution < -0.4 is 0 Å². The Labute approximate surface area is 54.2 Å². The third kappa shape index (κ3) is 2.86. The highest BCUT2D eigenvalue weighted by Crippen LogP contribution is 2.07. The summed E-state index contributed by atoms with van der Waals surface area (Å²) in [6, 6.07) is 0. The van der Waals surface area contributed by atoms with Crippen molar-refractivity contribution in [2.24, 2.45) is 0 Å². The van der Waals surface area contributed by atoms with E-state index in [2.05, 4.69) is 0 Å². The molecule has 0 spiro atoms. The van der Waals surface area contributed by atoms with Gasteiger partial charge in [0.05, 0.1) is 0 Å². The molecular weight excluding hydrogens is 120 g/mol. The van der Waals surface area contributed by atoms with Crippen molar-refractivity contribution in [3.63, 3.8) is 0 Å². The van der Waals surface area contributed by atoms with Gasteiger partial charge in [-0.3, -0.25) is 4.79 Å². The highest BCUT2D eigenvalue weighted by Gasteiger charge is 1.85. The van der Waals surface area contributed by atoms with Crippen LogP contribution in [0.3, 0.4) is 0 Å². The minimum absolute atomic E-state index is 0.826. The van der Waals surface area contributed by atoms with Gasteiger partial charge in [0.25, 0.3) is 0 Å². The first-order chi connectivity index (χ1) is 3.85. The van der Waals surface area contributed by atoms with Gasteiger partial charge in [-0.25, -0.2) is 0 Å². The van der Waals surface area contributed by atoms with E-state index in [-0.39, 0.29) is 0 Å². The normalized spacial score (nSPS) is 11.5. The fraction of sp³-hybridized carbons (Fsp3) is 0.500. The predicted octanol–water partition coefficient (Wildman–Crippen LogP) is 1.84. The molecule has 0 amide bonds. The second kappa shape index (κ2) is 4.91. The summed E-state index contributed by atoms with van der Waals surface area (Å²) >= 11 is 1.49. The minimum atomic E-state index is 0.826. The summed E-state index contributed by atoms with van der Waals surface area (Å²) in [6.07, 6.45) is 5.64. The first-order valence-electron chi connectivity index (χ1n) is 2.54. The molecule has 0 aromatic carbocycles. The summed E-state index contributed by atoms with van der Waals surface area (Å²) in [5.41, 5.74) is 0. The molecular formula is C6H10OS. The molecule has 0 aromatic rings. The molecule has 0 rings (SSSR count). The Bertz CT molecular complexity index is 96.7. The van der Waals surface area contributed by atoms with E-state index in [1.807, 2.05) is 19.3 Å². The lowest BCUT2D eigenvalue weighted by molar-refractivity contribution is -0.104.